The van der Waals surface area contributed by atoms with Gasteiger partial charge in [0.1, 0.15) is 5.82 Å². The third-order valence-electron chi connectivity index (χ3n) is 2.24. The normalized spacial score (nSPS) is 11.1. The van der Waals surface area contributed by atoms with Gasteiger partial charge >= 0.3 is 0 Å². The Balaban J connectivity index is 0.00000324. The molecule has 0 spiro atoms. The SMILES string of the molecule is CCNC(=NCc1ncccc1F)NCC(C)C.I. The Morgan fingerprint density at radius 2 is 2.16 bits per heavy atom. The van der Waals surface area contributed by atoms with Crippen molar-refractivity contribution >= 4 is 29.9 Å². The van der Waals surface area contributed by atoms with Gasteiger partial charge in [-0.3, -0.25) is 4.98 Å². The van der Waals surface area contributed by atoms with E-state index >= 15 is 0 Å². The van der Waals surface area contributed by atoms with E-state index in [-0.39, 0.29) is 36.3 Å². The average Bonchev–Trinajstić information content (AvgIpc) is 2.34. The Kier molecular flexibility index (Phi) is 9.46. The van der Waals surface area contributed by atoms with Crippen LogP contribution < -0.4 is 10.6 Å². The zero-order valence-electron chi connectivity index (χ0n) is 11.6. The first kappa shape index (κ1) is 18.1. The monoisotopic (exact) mass is 380 g/mol. The van der Waals surface area contributed by atoms with Gasteiger partial charge in [-0.15, -0.1) is 24.0 Å². The molecule has 0 radical (unpaired) electrons. The van der Waals surface area contributed by atoms with Gasteiger partial charge in [0.05, 0.1) is 12.2 Å². The number of rotatable bonds is 5. The first-order chi connectivity index (χ1) is 8.63. The van der Waals surface area contributed by atoms with E-state index in [0.29, 0.717) is 17.6 Å². The zero-order chi connectivity index (χ0) is 13.4. The highest BCUT2D eigenvalue weighted by molar-refractivity contribution is 14.0. The molecule has 0 aliphatic heterocycles. The van der Waals surface area contributed by atoms with Crippen LogP contribution in [0.4, 0.5) is 4.39 Å². The molecule has 0 aliphatic carbocycles. The fourth-order valence-corrected chi connectivity index (χ4v) is 1.33. The maximum atomic E-state index is 13.4. The van der Waals surface area contributed by atoms with E-state index in [1.807, 2.05) is 6.92 Å². The lowest BCUT2D eigenvalue weighted by Gasteiger charge is -2.12. The molecule has 0 amide bonds. The van der Waals surface area contributed by atoms with Crippen molar-refractivity contribution in [2.24, 2.45) is 10.9 Å². The Hall–Kier alpha value is -0.920. The second-order valence-corrected chi connectivity index (χ2v) is 4.40. The number of aliphatic imine (C=N–C) groups is 1. The lowest BCUT2D eigenvalue weighted by molar-refractivity contribution is 0.596. The summed E-state index contributed by atoms with van der Waals surface area (Å²) in [5.74, 6) is 0.901. The summed E-state index contributed by atoms with van der Waals surface area (Å²) in [6.07, 6.45) is 1.57. The Labute approximate surface area is 131 Å². The minimum atomic E-state index is -0.319. The number of aromatic nitrogens is 1. The highest BCUT2D eigenvalue weighted by Gasteiger charge is 2.03. The second-order valence-electron chi connectivity index (χ2n) is 4.40. The maximum absolute atomic E-state index is 13.4. The van der Waals surface area contributed by atoms with E-state index in [1.54, 1.807) is 12.3 Å². The zero-order valence-corrected chi connectivity index (χ0v) is 13.9. The largest absolute Gasteiger partial charge is 0.357 e. The van der Waals surface area contributed by atoms with Gasteiger partial charge in [0.2, 0.25) is 0 Å². The lowest BCUT2D eigenvalue weighted by atomic mass is 10.2. The summed E-state index contributed by atoms with van der Waals surface area (Å²) < 4.78 is 13.4. The fourth-order valence-electron chi connectivity index (χ4n) is 1.33. The first-order valence-corrected chi connectivity index (χ1v) is 6.25. The lowest BCUT2D eigenvalue weighted by Crippen LogP contribution is -2.39. The van der Waals surface area contributed by atoms with Crippen LogP contribution in [0.15, 0.2) is 23.3 Å². The van der Waals surface area contributed by atoms with E-state index in [9.17, 15) is 4.39 Å². The maximum Gasteiger partial charge on any atom is 0.191 e. The van der Waals surface area contributed by atoms with Crippen LogP contribution in [0, 0.1) is 11.7 Å². The first-order valence-electron chi connectivity index (χ1n) is 6.25. The van der Waals surface area contributed by atoms with E-state index in [4.69, 9.17) is 0 Å². The van der Waals surface area contributed by atoms with Crippen molar-refractivity contribution in [2.75, 3.05) is 13.1 Å². The summed E-state index contributed by atoms with van der Waals surface area (Å²) in [7, 11) is 0. The molecule has 0 aliphatic rings. The van der Waals surface area contributed by atoms with Gasteiger partial charge in [0.15, 0.2) is 5.96 Å². The topological polar surface area (TPSA) is 49.3 Å². The van der Waals surface area contributed by atoms with Gasteiger partial charge in [-0.2, -0.15) is 0 Å². The Morgan fingerprint density at radius 3 is 2.74 bits per heavy atom. The minimum Gasteiger partial charge on any atom is -0.357 e. The molecule has 0 aromatic carbocycles. The fraction of sp³-hybridized carbons (Fsp3) is 0.538. The second kappa shape index (κ2) is 9.94. The highest BCUT2D eigenvalue weighted by atomic mass is 127. The molecule has 0 atom stereocenters. The van der Waals surface area contributed by atoms with E-state index < -0.39 is 0 Å². The smallest absolute Gasteiger partial charge is 0.191 e. The van der Waals surface area contributed by atoms with E-state index in [1.165, 1.54) is 6.07 Å². The molecule has 19 heavy (non-hydrogen) atoms. The third-order valence-corrected chi connectivity index (χ3v) is 2.24. The minimum absolute atomic E-state index is 0. The summed E-state index contributed by atoms with van der Waals surface area (Å²) >= 11 is 0. The number of hydrogen-bond donors (Lipinski definition) is 2. The molecule has 2 N–H and O–H groups in total. The van der Waals surface area contributed by atoms with Crippen LogP contribution in [0.3, 0.4) is 0 Å². The van der Waals surface area contributed by atoms with Crippen molar-refractivity contribution in [3.05, 3.63) is 29.8 Å². The molecule has 0 fully saturated rings. The summed E-state index contributed by atoms with van der Waals surface area (Å²) in [5.41, 5.74) is 0.360. The molecule has 0 saturated heterocycles. The van der Waals surface area contributed by atoms with Crippen LogP contribution >= 0.6 is 24.0 Å². The van der Waals surface area contributed by atoms with E-state index in [0.717, 1.165) is 13.1 Å². The number of nitrogens with one attached hydrogen (secondary N) is 2. The number of nitrogens with zero attached hydrogens (tertiary/aromatic N) is 2. The van der Waals surface area contributed by atoms with E-state index in [2.05, 4.69) is 34.5 Å². The number of halogens is 2. The Morgan fingerprint density at radius 1 is 1.42 bits per heavy atom. The third kappa shape index (κ3) is 7.29. The van der Waals surface area contributed by atoms with Crippen molar-refractivity contribution in [2.45, 2.75) is 27.3 Å². The summed E-state index contributed by atoms with van der Waals surface area (Å²) in [6.45, 7) is 8.07. The van der Waals surface area contributed by atoms with Crippen LogP contribution in [0.2, 0.25) is 0 Å². The molecule has 0 saturated carbocycles. The number of pyridine rings is 1. The van der Waals surface area contributed by atoms with Crippen LogP contribution in [0.5, 0.6) is 0 Å². The molecule has 6 heteroatoms. The summed E-state index contributed by atoms with van der Waals surface area (Å²) in [6, 6.07) is 2.97. The molecule has 0 bridgehead atoms. The van der Waals surface area contributed by atoms with Gasteiger partial charge in [-0.05, 0) is 25.0 Å². The van der Waals surface area contributed by atoms with Gasteiger partial charge in [-0.1, -0.05) is 13.8 Å². The molecule has 1 rings (SSSR count). The molecule has 1 aromatic rings. The van der Waals surface area contributed by atoms with Crippen LogP contribution in [0.25, 0.3) is 0 Å². The van der Waals surface area contributed by atoms with Crippen molar-refractivity contribution in [1.82, 2.24) is 15.6 Å². The highest BCUT2D eigenvalue weighted by Crippen LogP contribution is 2.03. The van der Waals surface area contributed by atoms with Crippen molar-refractivity contribution in [3.8, 4) is 0 Å². The standard InChI is InChI=1S/C13H21FN4.HI/c1-4-15-13(17-8-10(2)3)18-9-12-11(14)6-5-7-16-12;/h5-7,10H,4,8-9H2,1-3H3,(H2,15,17,18);1H. The van der Waals surface area contributed by atoms with Crippen LogP contribution in [-0.4, -0.2) is 24.0 Å². The molecule has 0 unspecified atom stereocenters. The summed E-state index contributed by atoms with van der Waals surface area (Å²) in [4.78, 5) is 8.28. The Bertz CT molecular complexity index is 396. The quantitative estimate of drug-likeness (QED) is 0.469. The summed E-state index contributed by atoms with van der Waals surface area (Å²) in [5, 5.41) is 6.31. The molecular formula is C13H22FIN4. The van der Waals surface area contributed by atoms with Crippen LogP contribution in [-0.2, 0) is 6.54 Å². The van der Waals surface area contributed by atoms with Gasteiger partial charge in [0.25, 0.3) is 0 Å². The van der Waals surface area contributed by atoms with Crippen molar-refractivity contribution in [3.63, 3.8) is 0 Å². The van der Waals surface area contributed by atoms with Crippen molar-refractivity contribution in [1.29, 1.82) is 0 Å². The van der Waals surface area contributed by atoms with Crippen LogP contribution in [0.1, 0.15) is 26.5 Å². The molecule has 4 nitrogen and oxygen atoms in total. The average molecular weight is 380 g/mol. The molecule has 1 heterocycles. The van der Waals surface area contributed by atoms with Gasteiger partial charge in [-0.25, -0.2) is 9.38 Å². The number of hydrogen-bond acceptors (Lipinski definition) is 2. The molecule has 108 valence electrons. The predicted octanol–water partition coefficient (Wildman–Crippen LogP) is 2.55. The predicted molar refractivity (Wildman–Crippen MR) is 87.3 cm³/mol. The molecular weight excluding hydrogens is 358 g/mol. The van der Waals surface area contributed by atoms with Gasteiger partial charge in [0, 0.05) is 19.3 Å². The molecule has 1 aromatic heterocycles. The van der Waals surface area contributed by atoms with Gasteiger partial charge < -0.3 is 10.6 Å². The number of guanidine groups is 1. The van der Waals surface area contributed by atoms with Crippen molar-refractivity contribution < 1.29 is 4.39 Å².